The minimum Gasteiger partial charge on any atom is -0.478 e. The lowest BCUT2D eigenvalue weighted by atomic mass is 9.83. The molecule has 4 rings (SSSR count). The van der Waals surface area contributed by atoms with Crippen molar-refractivity contribution in [2.24, 2.45) is 5.41 Å². The fraction of sp³-hybridized carbons (Fsp3) is 0.462. The first-order valence-corrected chi connectivity index (χ1v) is 11.5. The average molecular weight is 454 g/mol. The van der Waals surface area contributed by atoms with Crippen LogP contribution in [0.3, 0.4) is 0 Å². The summed E-state index contributed by atoms with van der Waals surface area (Å²) >= 11 is 0. The van der Waals surface area contributed by atoms with Crippen LogP contribution in [0.15, 0.2) is 36.4 Å². The number of carboxylic acids is 1. The number of carbonyl (C=O) groups excluding carboxylic acids is 1. The summed E-state index contributed by atoms with van der Waals surface area (Å²) in [5, 5.41) is 17.1. The van der Waals surface area contributed by atoms with Crippen molar-refractivity contribution < 1.29 is 19.1 Å². The number of halogens is 1. The third kappa shape index (κ3) is 4.66. The quantitative estimate of drug-likeness (QED) is 0.655. The van der Waals surface area contributed by atoms with Crippen molar-refractivity contribution in [3.63, 3.8) is 0 Å². The van der Waals surface area contributed by atoms with E-state index in [1.807, 2.05) is 13.8 Å². The molecule has 2 heterocycles. The number of benzene rings is 2. The van der Waals surface area contributed by atoms with Crippen LogP contribution in [-0.2, 0) is 6.54 Å². The Bertz CT molecular complexity index is 1070. The van der Waals surface area contributed by atoms with Crippen LogP contribution >= 0.6 is 0 Å². The zero-order chi connectivity index (χ0) is 23.9. The fourth-order valence-corrected chi connectivity index (χ4v) is 4.91. The molecule has 2 aliphatic rings. The van der Waals surface area contributed by atoms with E-state index in [2.05, 4.69) is 29.2 Å². The number of carbonyl (C=O) groups is 2. The van der Waals surface area contributed by atoms with E-state index in [0.717, 1.165) is 31.5 Å². The summed E-state index contributed by atoms with van der Waals surface area (Å²) in [5.41, 5.74) is 2.80. The van der Waals surface area contributed by atoms with Crippen molar-refractivity contribution in [1.29, 1.82) is 0 Å². The number of fused-ring (bicyclic) bond motifs is 1. The van der Waals surface area contributed by atoms with E-state index in [9.17, 15) is 19.1 Å². The molecule has 7 heteroatoms. The molecule has 2 aromatic carbocycles. The Hall–Kier alpha value is -2.77. The first kappa shape index (κ1) is 23.4. The van der Waals surface area contributed by atoms with E-state index in [1.165, 1.54) is 18.2 Å². The highest BCUT2D eigenvalue weighted by atomic mass is 19.1. The maximum Gasteiger partial charge on any atom is 0.337 e. The number of para-hydroxylation sites is 1. The molecule has 1 fully saturated rings. The van der Waals surface area contributed by atoms with Crippen LogP contribution < -0.4 is 5.32 Å². The second-order valence-corrected chi connectivity index (χ2v) is 9.99. The first-order valence-electron chi connectivity index (χ1n) is 11.5. The van der Waals surface area contributed by atoms with E-state index < -0.39 is 17.8 Å². The van der Waals surface area contributed by atoms with Gasteiger partial charge in [-0.3, -0.25) is 4.79 Å². The minimum absolute atomic E-state index is 0.0834. The minimum atomic E-state index is -1.03. The molecule has 6 nitrogen and oxygen atoms in total. The highest BCUT2D eigenvalue weighted by molar-refractivity contribution is 6.02. The Balaban J connectivity index is 1.67. The Morgan fingerprint density at radius 1 is 1.21 bits per heavy atom. The summed E-state index contributed by atoms with van der Waals surface area (Å²) in [6.45, 7) is 10.6. The smallest absolute Gasteiger partial charge is 0.337 e. The van der Waals surface area contributed by atoms with Crippen molar-refractivity contribution in [2.45, 2.75) is 59.2 Å². The predicted molar refractivity (Wildman–Crippen MR) is 126 cm³/mol. The van der Waals surface area contributed by atoms with Crippen LogP contribution in [0.2, 0.25) is 0 Å². The molecular weight excluding hydrogens is 421 g/mol. The molecular formula is C26H32FN3O3. The summed E-state index contributed by atoms with van der Waals surface area (Å²) < 4.78 is 14.6. The van der Waals surface area contributed by atoms with E-state index >= 15 is 0 Å². The molecule has 176 valence electrons. The van der Waals surface area contributed by atoms with Gasteiger partial charge in [0.25, 0.3) is 0 Å². The van der Waals surface area contributed by atoms with Gasteiger partial charge in [-0.05, 0) is 67.5 Å². The van der Waals surface area contributed by atoms with Gasteiger partial charge in [-0.1, -0.05) is 26.0 Å². The first-order chi connectivity index (χ1) is 15.6. The number of nitrogens with one attached hydrogen (secondary N) is 1. The molecule has 2 N–H and O–H groups in total. The number of Topliss-reactive ketones (excluding diaryl/α,β-unsaturated/α-hetero) is 1. The van der Waals surface area contributed by atoms with Crippen LogP contribution in [0, 0.1) is 11.2 Å². The topological polar surface area (TPSA) is 72.9 Å². The number of hydrazine groups is 1. The van der Waals surface area contributed by atoms with Gasteiger partial charge in [0.2, 0.25) is 0 Å². The zero-order valence-corrected chi connectivity index (χ0v) is 19.7. The van der Waals surface area contributed by atoms with Gasteiger partial charge in [-0.15, -0.1) is 0 Å². The van der Waals surface area contributed by atoms with Crippen molar-refractivity contribution in [1.82, 2.24) is 10.0 Å². The lowest BCUT2D eigenvalue weighted by Crippen LogP contribution is -2.56. The molecule has 2 aromatic rings. The van der Waals surface area contributed by atoms with Gasteiger partial charge in [0.1, 0.15) is 5.82 Å². The number of piperidine rings is 1. The predicted octanol–water partition coefficient (Wildman–Crippen LogP) is 5.12. The third-order valence-electron chi connectivity index (χ3n) is 7.11. The number of nitrogens with zero attached hydrogens (tertiary/aromatic N) is 2. The third-order valence-corrected chi connectivity index (χ3v) is 7.11. The number of rotatable bonds is 5. The van der Waals surface area contributed by atoms with Gasteiger partial charge in [-0.2, -0.15) is 0 Å². The van der Waals surface area contributed by atoms with Crippen LogP contribution in [0.5, 0.6) is 0 Å². The molecule has 0 aromatic heterocycles. The highest BCUT2D eigenvalue weighted by Gasteiger charge is 2.38. The Morgan fingerprint density at radius 2 is 1.88 bits per heavy atom. The number of hydrogen-bond acceptors (Lipinski definition) is 5. The normalized spacial score (nSPS) is 22.0. The van der Waals surface area contributed by atoms with Gasteiger partial charge in [0, 0.05) is 36.9 Å². The highest BCUT2D eigenvalue weighted by Crippen LogP contribution is 2.36. The van der Waals surface area contributed by atoms with Gasteiger partial charge >= 0.3 is 5.97 Å². The van der Waals surface area contributed by atoms with Gasteiger partial charge in [-0.25, -0.2) is 19.2 Å². The number of anilines is 1. The monoisotopic (exact) mass is 453 g/mol. The standard InChI is InChI=1S/C26H32FN3O3/c1-16(28-23-8-6-5-7-19(23)25(32)33)20-13-18(27)14-21-22(20)15-30(17(2)24(21)31)29-11-9-26(3,4)10-12-29/h5-8,13-14,16-17,28H,9-12,15H2,1-4H3,(H,32,33). The second-order valence-electron chi connectivity index (χ2n) is 9.99. The molecule has 0 aliphatic carbocycles. The van der Waals surface area contributed by atoms with Crippen molar-refractivity contribution >= 4 is 17.4 Å². The van der Waals surface area contributed by atoms with Gasteiger partial charge < -0.3 is 10.4 Å². The molecule has 1 saturated heterocycles. The maximum atomic E-state index is 14.6. The fourth-order valence-electron chi connectivity index (χ4n) is 4.91. The summed E-state index contributed by atoms with van der Waals surface area (Å²) in [7, 11) is 0. The summed E-state index contributed by atoms with van der Waals surface area (Å²) in [5.74, 6) is -1.58. The second kappa shape index (κ2) is 8.88. The molecule has 2 unspecified atom stereocenters. The average Bonchev–Trinajstić information content (AvgIpc) is 2.76. The van der Waals surface area contributed by atoms with Crippen LogP contribution in [-0.4, -0.2) is 46.0 Å². The van der Waals surface area contributed by atoms with Crippen molar-refractivity contribution in [3.8, 4) is 0 Å². The molecule has 33 heavy (non-hydrogen) atoms. The Morgan fingerprint density at radius 3 is 2.55 bits per heavy atom. The lowest BCUT2D eigenvalue weighted by molar-refractivity contribution is -0.0872. The maximum absolute atomic E-state index is 14.6. The van der Waals surface area contributed by atoms with Gasteiger partial charge in [0.05, 0.1) is 11.6 Å². The van der Waals surface area contributed by atoms with Crippen LogP contribution in [0.25, 0.3) is 0 Å². The molecule has 0 bridgehead atoms. The van der Waals surface area contributed by atoms with E-state index in [0.29, 0.717) is 28.8 Å². The lowest BCUT2D eigenvalue weighted by Gasteiger charge is -2.47. The van der Waals surface area contributed by atoms with Gasteiger partial charge in [0.15, 0.2) is 5.78 Å². The number of aromatic carboxylic acids is 1. The molecule has 0 spiro atoms. The number of hydrogen-bond donors (Lipinski definition) is 2. The summed E-state index contributed by atoms with van der Waals surface area (Å²) in [4.78, 5) is 24.9. The summed E-state index contributed by atoms with van der Waals surface area (Å²) in [6, 6.07) is 8.70. The number of ketones is 1. The molecule has 0 amide bonds. The molecule has 2 atom stereocenters. The SMILES string of the molecule is CC(Nc1ccccc1C(=O)O)c1cc(F)cc2c1CN(N1CCC(C)(C)CC1)C(C)C2=O. The van der Waals surface area contributed by atoms with Crippen LogP contribution in [0.4, 0.5) is 10.1 Å². The molecule has 0 radical (unpaired) electrons. The number of carboxylic acid groups (broad SMARTS) is 1. The van der Waals surface area contributed by atoms with E-state index in [1.54, 1.807) is 18.2 Å². The molecule has 0 saturated carbocycles. The molecule has 2 aliphatic heterocycles. The van der Waals surface area contributed by atoms with E-state index in [-0.39, 0.29) is 17.4 Å². The Labute approximate surface area is 194 Å². The van der Waals surface area contributed by atoms with Crippen molar-refractivity contribution in [3.05, 3.63) is 64.5 Å². The van der Waals surface area contributed by atoms with Crippen LogP contribution in [0.1, 0.15) is 78.4 Å². The zero-order valence-electron chi connectivity index (χ0n) is 19.7. The van der Waals surface area contributed by atoms with E-state index in [4.69, 9.17) is 0 Å². The largest absolute Gasteiger partial charge is 0.478 e. The van der Waals surface area contributed by atoms with Crippen molar-refractivity contribution in [2.75, 3.05) is 18.4 Å². The Kier molecular flexibility index (Phi) is 6.29. The summed E-state index contributed by atoms with van der Waals surface area (Å²) in [6.07, 6.45) is 2.11.